The summed E-state index contributed by atoms with van der Waals surface area (Å²) in [6, 6.07) is 8.48. The van der Waals surface area contributed by atoms with E-state index in [0.717, 1.165) is 41.6 Å². The van der Waals surface area contributed by atoms with Crippen LogP contribution in [-0.4, -0.2) is 10.1 Å². The van der Waals surface area contributed by atoms with Gasteiger partial charge in [-0.3, -0.25) is 4.98 Å². The second kappa shape index (κ2) is 9.48. The molecule has 0 fully saturated rings. The third-order valence-corrected chi connectivity index (χ3v) is 5.17. The van der Waals surface area contributed by atoms with E-state index < -0.39 is 6.10 Å². The van der Waals surface area contributed by atoms with Gasteiger partial charge >= 0.3 is 0 Å². The Bertz CT molecular complexity index is 746. The predicted octanol–water partition coefficient (Wildman–Crippen LogP) is 5.85. The van der Waals surface area contributed by atoms with E-state index in [0.29, 0.717) is 12.5 Å². The molecule has 1 atom stereocenters. The summed E-state index contributed by atoms with van der Waals surface area (Å²) in [6.07, 6.45) is 2.69. The van der Waals surface area contributed by atoms with Crippen LogP contribution in [-0.2, 0) is 13.0 Å². The van der Waals surface area contributed by atoms with E-state index in [4.69, 9.17) is 10.7 Å². The minimum Gasteiger partial charge on any atom is -0.389 e. The van der Waals surface area contributed by atoms with Crippen molar-refractivity contribution in [2.24, 2.45) is 5.73 Å². The smallest absolute Gasteiger partial charge is 0.0785 e. The molecule has 3 N–H and O–H groups in total. The van der Waals surface area contributed by atoms with E-state index in [1.54, 1.807) is 0 Å². The molecule has 3 nitrogen and oxygen atoms in total. The molecule has 2 aromatic rings. The zero-order chi connectivity index (χ0) is 20.1. The molecule has 0 saturated carbocycles. The first-order valence-electron chi connectivity index (χ1n) is 10.4. The minimum absolute atomic E-state index is 0.259. The normalized spacial score (nSPS) is 12.8. The van der Waals surface area contributed by atoms with Crippen molar-refractivity contribution >= 4 is 0 Å². The Morgan fingerprint density at radius 1 is 0.963 bits per heavy atom. The second-order valence-corrected chi connectivity index (χ2v) is 8.14. The fraction of sp³-hybridized carbons (Fsp3) is 0.542. The molecule has 0 saturated heterocycles. The fourth-order valence-electron chi connectivity index (χ4n) is 3.76. The molecule has 1 aromatic carbocycles. The van der Waals surface area contributed by atoms with Crippen molar-refractivity contribution in [3.63, 3.8) is 0 Å². The molecule has 0 bridgehead atoms. The Labute approximate surface area is 165 Å². The minimum atomic E-state index is -0.555. The number of aliphatic hydroxyl groups excluding tert-OH is 1. The topological polar surface area (TPSA) is 59.1 Å². The van der Waals surface area contributed by atoms with E-state index in [-0.39, 0.29) is 5.92 Å². The van der Waals surface area contributed by atoms with Crippen molar-refractivity contribution in [2.75, 3.05) is 0 Å². The molecule has 27 heavy (non-hydrogen) atoms. The lowest BCUT2D eigenvalue weighted by atomic mass is 9.83. The molecule has 2 rings (SSSR count). The highest BCUT2D eigenvalue weighted by atomic mass is 16.3. The van der Waals surface area contributed by atoms with E-state index in [2.05, 4.69) is 58.9 Å². The van der Waals surface area contributed by atoms with Crippen LogP contribution in [0.15, 0.2) is 24.3 Å². The summed E-state index contributed by atoms with van der Waals surface area (Å²) in [7, 11) is 0. The molecule has 148 valence electrons. The average molecular weight is 369 g/mol. The molecule has 1 heterocycles. The molecule has 0 aliphatic rings. The third-order valence-electron chi connectivity index (χ3n) is 5.17. The molecule has 0 radical (unpaired) electrons. The maximum atomic E-state index is 10.7. The average Bonchev–Trinajstić information content (AvgIpc) is 2.64. The number of pyridine rings is 1. The van der Waals surface area contributed by atoms with Gasteiger partial charge in [0.05, 0.1) is 6.10 Å². The van der Waals surface area contributed by atoms with Gasteiger partial charge in [0.25, 0.3) is 0 Å². The van der Waals surface area contributed by atoms with Crippen LogP contribution in [0.3, 0.4) is 0 Å². The SMILES string of the molecule is CCCCc1c(C(C)C)nc(C(C)C)c(C(C)O)c1-c1ccc(CN)cc1. The summed E-state index contributed by atoms with van der Waals surface area (Å²) in [6.45, 7) is 13.4. The highest BCUT2D eigenvalue weighted by Crippen LogP contribution is 2.40. The Hall–Kier alpha value is -1.71. The van der Waals surface area contributed by atoms with Crippen LogP contribution in [0.1, 0.15) is 100 Å². The number of aliphatic hydroxyl groups is 1. The summed E-state index contributed by atoms with van der Waals surface area (Å²) in [5.74, 6) is 0.605. The number of rotatable bonds is 8. The van der Waals surface area contributed by atoms with Crippen LogP contribution in [0.2, 0.25) is 0 Å². The maximum Gasteiger partial charge on any atom is 0.0785 e. The van der Waals surface area contributed by atoms with Gasteiger partial charge in [-0.15, -0.1) is 0 Å². The second-order valence-electron chi connectivity index (χ2n) is 8.14. The summed E-state index contributed by atoms with van der Waals surface area (Å²) in [5.41, 5.74) is 13.7. The molecular formula is C24H36N2O. The summed E-state index contributed by atoms with van der Waals surface area (Å²) >= 11 is 0. The Kier molecular flexibility index (Phi) is 7.58. The van der Waals surface area contributed by atoms with Gasteiger partial charge < -0.3 is 10.8 Å². The predicted molar refractivity (Wildman–Crippen MR) is 115 cm³/mol. The van der Waals surface area contributed by atoms with E-state index >= 15 is 0 Å². The lowest BCUT2D eigenvalue weighted by molar-refractivity contribution is 0.197. The van der Waals surface area contributed by atoms with Crippen molar-refractivity contribution in [3.8, 4) is 11.1 Å². The number of aromatic nitrogens is 1. The number of nitrogens with zero attached hydrogens (tertiary/aromatic N) is 1. The largest absolute Gasteiger partial charge is 0.389 e. The number of hydrogen-bond acceptors (Lipinski definition) is 3. The van der Waals surface area contributed by atoms with E-state index in [1.807, 2.05) is 6.92 Å². The van der Waals surface area contributed by atoms with Crippen molar-refractivity contribution in [3.05, 3.63) is 52.3 Å². The summed E-state index contributed by atoms with van der Waals surface area (Å²) < 4.78 is 0. The van der Waals surface area contributed by atoms with Crippen LogP contribution in [0.25, 0.3) is 11.1 Å². The first-order chi connectivity index (χ1) is 12.8. The zero-order valence-corrected chi connectivity index (χ0v) is 17.8. The molecule has 3 heteroatoms. The van der Waals surface area contributed by atoms with Gasteiger partial charge in [0.1, 0.15) is 0 Å². The van der Waals surface area contributed by atoms with Crippen molar-refractivity contribution in [2.45, 2.75) is 85.3 Å². The molecular weight excluding hydrogens is 332 g/mol. The van der Waals surface area contributed by atoms with Gasteiger partial charge in [0, 0.05) is 23.5 Å². The quantitative estimate of drug-likeness (QED) is 0.614. The van der Waals surface area contributed by atoms with Crippen LogP contribution in [0.4, 0.5) is 0 Å². The number of nitrogens with two attached hydrogens (primary N) is 1. The van der Waals surface area contributed by atoms with Crippen LogP contribution >= 0.6 is 0 Å². The lowest BCUT2D eigenvalue weighted by Gasteiger charge is -2.26. The van der Waals surface area contributed by atoms with Gasteiger partial charge in [-0.05, 0) is 53.9 Å². The molecule has 1 unspecified atom stereocenters. The molecule has 0 aliphatic carbocycles. The third kappa shape index (κ3) is 4.77. The monoisotopic (exact) mass is 368 g/mol. The summed E-state index contributed by atoms with van der Waals surface area (Å²) in [5, 5.41) is 10.7. The van der Waals surface area contributed by atoms with Crippen molar-refractivity contribution < 1.29 is 5.11 Å². The van der Waals surface area contributed by atoms with E-state index in [9.17, 15) is 5.11 Å². The van der Waals surface area contributed by atoms with E-state index in [1.165, 1.54) is 16.8 Å². The number of benzene rings is 1. The standard InChI is InChI=1S/C24H36N2O/c1-7-8-9-20-22(19-12-10-18(14-25)11-13-19)21(17(6)27)24(16(4)5)26-23(20)15(2)3/h10-13,15-17,27H,7-9,14,25H2,1-6H3. The molecule has 0 spiro atoms. The van der Waals surface area contributed by atoms with Crippen molar-refractivity contribution in [1.29, 1.82) is 0 Å². The number of hydrogen-bond donors (Lipinski definition) is 2. The van der Waals surface area contributed by atoms with Gasteiger partial charge in [-0.2, -0.15) is 0 Å². The first-order valence-corrected chi connectivity index (χ1v) is 10.4. The Balaban J connectivity index is 2.87. The van der Waals surface area contributed by atoms with Gasteiger partial charge in [0.2, 0.25) is 0 Å². The lowest BCUT2D eigenvalue weighted by Crippen LogP contribution is -2.14. The van der Waals surface area contributed by atoms with Gasteiger partial charge in [-0.25, -0.2) is 0 Å². The van der Waals surface area contributed by atoms with Crippen LogP contribution in [0.5, 0.6) is 0 Å². The molecule has 1 aromatic heterocycles. The Morgan fingerprint density at radius 3 is 2.00 bits per heavy atom. The molecule has 0 aliphatic heterocycles. The number of unbranched alkanes of at least 4 members (excludes halogenated alkanes) is 1. The highest BCUT2D eigenvalue weighted by Gasteiger charge is 2.25. The molecule has 0 amide bonds. The zero-order valence-electron chi connectivity index (χ0n) is 17.8. The fourth-order valence-corrected chi connectivity index (χ4v) is 3.76. The van der Waals surface area contributed by atoms with Crippen molar-refractivity contribution in [1.82, 2.24) is 4.98 Å². The van der Waals surface area contributed by atoms with Gasteiger partial charge in [0.15, 0.2) is 0 Å². The van der Waals surface area contributed by atoms with Crippen LogP contribution in [0, 0.1) is 0 Å². The highest BCUT2D eigenvalue weighted by molar-refractivity contribution is 5.74. The summed E-state index contributed by atoms with van der Waals surface area (Å²) in [4.78, 5) is 5.09. The first kappa shape index (κ1) is 21.6. The van der Waals surface area contributed by atoms with Crippen LogP contribution < -0.4 is 5.73 Å². The Morgan fingerprint density at radius 2 is 1.56 bits per heavy atom. The van der Waals surface area contributed by atoms with Gasteiger partial charge in [-0.1, -0.05) is 65.3 Å². The maximum absolute atomic E-state index is 10.7.